The summed E-state index contributed by atoms with van der Waals surface area (Å²) in [6.45, 7) is 0. The fourth-order valence-electron chi connectivity index (χ4n) is 1.57. The van der Waals surface area contributed by atoms with E-state index in [1.165, 1.54) is 24.4 Å². The standard InChI is InChI=1S/C10H7F3N2O2/c11-10(12,13)9-6-3-1-2-4-15(6)7(14-9)5-8(16)17/h1-4H,5H2,(H,16,17). The van der Waals surface area contributed by atoms with Crippen molar-refractivity contribution >= 4 is 11.5 Å². The number of rotatable bonds is 2. The minimum absolute atomic E-state index is 0.138. The third kappa shape index (κ3) is 2.08. The van der Waals surface area contributed by atoms with Gasteiger partial charge in [0.25, 0.3) is 0 Å². The predicted octanol–water partition coefficient (Wildman–Crippen LogP) is 1.98. The molecule has 0 atom stereocenters. The Bertz CT molecular complexity index is 574. The number of hydrogen-bond donors (Lipinski definition) is 1. The van der Waals surface area contributed by atoms with Crippen LogP contribution in [0.25, 0.3) is 5.52 Å². The summed E-state index contributed by atoms with van der Waals surface area (Å²) in [5.74, 6) is -1.37. The molecule has 2 heterocycles. The van der Waals surface area contributed by atoms with Crippen molar-refractivity contribution in [2.45, 2.75) is 12.6 Å². The first-order chi connectivity index (χ1) is 7.89. The molecule has 0 saturated carbocycles. The van der Waals surface area contributed by atoms with Gasteiger partial charge in [0.05, 0.1) is 5.52 Å². The molecule has 4 nitrogen and oxygen atoms in total. The first-order valence-electron chi connectivity index (χ1n) is 4.64. The summed E-state index contributed by atoms with van der Waals surface area (Å²) in [7, 11) is 0. The molecule has 2 aromatic heterocycles. The van der Waals surface area contributed by atoms with E-state index in [0.29, 0.717) is 0 Å². The van der Waals surface area contributed by atoms with Crippen LogP contribution in [-0.2, 0) is 17.4 Å². The minimum Gasteiger partial charge on any atom is -0.481 e. The maximum Gasteiger partial charge on any atom is 0.435 e. The van der Waals surface area contributed by atoms with E-state index < -0.39 is 24.3 Å². The number of carboxylic acid groups (broad SMARTS) is 1. The molecule has 2 aromatic rings. The normalized spacial score (nSPS) is 11.9. The van der Waals surface area contributed by atoms with Crippen molar-refractivity contribution in [2.75, 3.05) is 0 Å². The van der Waals surface area contributed by atoms with Crippen LogP contribution in [0.3, 0.4) is 0 Å². The first-order valence-corrected chi connectivity index (χ1v) is 4.64. The average molecular weight is 244 g/mol. The molecule has 0 aliphatic heterocycles. The van der Waals surface area contributed by atoms with E-state index in [9.17, 15) is 18.0 Å². The molecule has 2 rings (SSSR count). The van der Waals surface area contributed by atoms with Crippen molar-refractivity contribution in [3.63, 3.8) is 0 Å². The van der Waals surface area contributed by atoms with E-state index >= 15 is 0 Å². The molecule has 0 saturated heterocycles. The quantitative estimate of drug-likeness (QED) is 0.878. The Morgan fingerprint density at radius 2 is 2.12 bits per heavy atom. The number of alkyl halides is 3. The molecule has 0 fully saturated rings. The highest BCUT2D eigenvalue weighted by Crippen LogP contribution is 2.32. The Morgan fingerprint density at radius 3 is 2.71 bits per heavy atom. The molecule has 0 radical (unpaired) electrons. The van der Waals surface area contributed by atoms with E-state index in [2.05, 4.69) is 4.98 Å². The second-order valence-corrected chi connectivity index (χ2v) is 3.40. The summed E-state index contributed by atoms with van der Waals surface area (Å²) in [5.41, 5.74) is -1.20. The summed E-state index contributed by atoms with van der Waals surface area (Å²) in [5, 5.41) is 8.60. The number of carboxylic acids is 1. The van der Waals surface area contributed by atoms with Gasteiger partial charge in [0, 0.05) is 6.20 Å². The largest absolute Gasteiger partial charge is 0.481 e. The highest BCUT2D eigenvalue weighted by molar-refractivity contribution is 5.70. The summed E-state index contributed by atoms with van der Waals surface area (Å²) in [6.07, 6.45) is -3.79. The van der Waals surface area contributed by atoms with Crippen molar-refractivity contribution < 1.29 is 23.1 Å². The monoisotopic (exact) mass is 244 g/mol. The molecule has 90 valence electrons. The highest BCUT2D eigenvalue weighted by Gasteiger charge is 2.36. The Kier molecular flexibility index (Phi) is 2.53. The number of hydrogen-bond acceptors (Lipinski definition) is 2. The zero-order chi connectivity index (χ0) is 12.6. The van der Waals surface area contributed by atoms with Gasteiger partial charge in [0.15, 0.2) is 5.69 Å². The summed E-state index contributed by atoms with van der Waals surface area (Å²) in [4.78, 5) is 13.9. The first kappa shape index (κ1) is 11.4. The Labute approximate surface area is 93.3 Å². The van der Waals surface area contributed by atoms with Gasteiger partial charge < -0.3 is 9.51 Å². The van der Waals surface area contributed by atoms with E-state index in [1.807, 2.05) is 0 Å². The van der Waals surface area contributed by atoms with Crippen LogP contribution in [0.5, 0.6) is 0 Å². The van der Waals surface area contributed by atoms with Gasteiger partial charge in [-0.05, 0) is 12.1 Å². The number of nitrogens with zero attached hydrogens (tertiary/aromatic N) is 2. The van der Waals surface area contributed by atoms with Crippen molar-refractivity contribution in [3.8, 4) is 0 Å². The van der Waals surface area contributed by atoms with Gasteiger partial charge in [-0.3, -0.25) is 4.79 Å². The summed E-state index contributed by atoms with van der Waals surface area (Å²) >= 11 is 0. The number of aromatic nitrogens is 2. The smallest absolute Gasteiger partial charge is 0.435 e. The van der Waals surface area contributed by atoms with Crippen molar-refractivity contribution in [3.05, 3.63) is 35.9 Å². The Morgan fingerprint density at radius 1 is 1.41 bits per heavy atom. The van der Waals surface area contributed by atoms with Crippen LogP contribution in [0.4, 0.5) is 13.2 Å². The van der Waals surface area contributed by atoms with Crippen LogP contribution in [0.1, 0.15) is 11.5 Å². The zero-order valence-electron chi connectivity index (χ0n) is 8.40. The third-order valence-corrected chi connectivity index (χ3v) is 2.20. The van der Waals surface area contributed by atoms with Gasteiger partial charge >= 0.3 is 12.1 Å². The lowest BCUT2D eigenvalue weighted by atomic mass is 10.3. The third-order valence-electron chi connectivity index (χ3n) is 2.20. The van der Waals surface area contributed by atoms with Gasteiger partial charge in [-0.2, -0.15) is 13.2 Å². The topological polar surface area (TPSA) is 54.6 Å². The predicted molar refractivity (Wildman–Crippen MR) is 51.5 cm³/mol. The second kappa shape index (κ2) is 3.76. The van der Waals surface area contributed by atoms with E-state index in [1.54, 1.807) is 0 Å². The van der Waals surface area contributed by atoms with Crippen molar-refractivity contribution in [1.82, 2.24) is 9.38 Å². The second-order valence-electron chi connectivity index (χ2n) is 3.40. The number of pyridine rings is 1. The highest BCUT2D eigenvalue weighted by atomic mass is 19.4. The molecule has 7 heteroatoms. The van der Waals surface area contributed by atoms with Gasteiger partial charge in [-0.15, -0.1) is 0 Å². The molecule has 0 aliphatic rings. The molecule has 0 unspecified atom stereocenters. The summed E-state index contributed by atoms with van der Waals surface area (Å²) < 4.78 is 39.1. The molecular formula is C10H7F3N2O2. The maximum absolute atomic E-state index is 12.6. The van der Waals surface area contributed by atoms with Gasteiger partial charge in [0.1, 0.15) is 12.2 Å². The van der Waals surface area contributed by atoms with Crippen LogP contribution in [0.15, 0.2) is 24.4 Å². The number of aliphatic carboxylic acids is 1. The van der Waals surface area contributed by atoms with E-state index in [0.717, 1.165) is 4.40 Å². The maximum atomic E-state index is 12.6. The molecule has 0 aliphatic carbocycles. The van der Waals surface area contributed by atoms with E-state index in [-0.39, 0.29) is 11.3 Å². The molecule has 0 bridgehead atoms. The lowest BCUT2D eigenvalue weighted by Crippen LogP contribution is -2.07. The summed E-state index contributed by atoms with van der Waals surface area (Å²) in [6, 6.07) is 4.21. The Balaban J connectivity index is 2.67. The fraction of sp³-hybridized carbons (Fsp3) is 0.200. The fourth-order valence-corrected chi connectivity index (χ4v) is 1.57. The van der Waals surface area contributed by atoms with Crippen LogP contribution in [0, 0.1) is 0 Å². The van der Waals surface area contributed by atoms with Crippen molar-refractivity contribution in [2.24, 2.45) is 0 Å². The Hall–Kier alpha value is -2.05. The van der Waals surface area contributed by atoms with Gasteiger partial charge in [0.2, 0.25) is 0 Å². The molecule has 17 heavy (non-hydrogen) atoms. The molecule has 0 spiro atoms. The number of fused-ring (bicyclic) bond motifs is 1. The number of imidazole rings is 1. The van der Waals surface area contributed by atoms with Crippen LogP contribution in [0.2, 0.25) is 0 Å². The van der Waals surface area contributed by atoms with Crippen LogP contribution in [-0.4, -0.2) is 20.5 Å². The van der Waals surface area contributed by atoms with Gasteiger partial charge in [-0.1, -0.05) is 6.07 Å². The average Bonchev–Trinajstić information content (AvgIpc) is 2.56. The molecule has 0 amide bonds. The number of carbonyl (C=O) groups is 1. The molecule has 0 aromatic carbocycles. The van der Waals surface area contributed by atoms with Gasteiger partial charge in [-0.25, -0.2) is 4.98 Å². The van der Waals surface area contributed by atoms with Crippen molar-refractivity contribution in [1.29, 1.82) is 0 Å². The van der Waals surface area contributed by atoms with Crippen LogP contribution >= 0.6 is 0 Å². The van der Waals surface area contributed by atoms with E-state index in [4.69, 9.17) is 5.11 Å². The molecular weight excluding hydrogens is 237 g/mol. The minimum atomic E-state index is -4.59. The zero-order valence-corrected chi connectivity index (χ0v) is 8.40. The SMILES string of the molecule is O=C(O)Cc1nc(C(F)(F)F)c2ccccn12. The molecule has 1 N–H and O–H groups in total. The lowest BCUT2D eigenvalue weighted by molar-refractivity contribution is -0.140. The number of halogens is 3. The van der Waals surface area contributed by atoms with Crippen LogP contribution < -0.4 is 0 Å². The lowest BCUT2D eigenvalue weighted by Gasteiger charge is -2.02.